The van der Waals surface area contributed by atoms with Crippen LogP contribution in [0.15, 0.2) is 48.5 Å². The second-order valence-corrected chi connectivity index (χ2v) is 6.37. The monoisotopic (exact) mass is 352 g/mol. The number of ether oxygens (including phenoxy) is 1. The number of hydrogen-bond acceptors (Lipinski definition) is 3. The van der Waals surface area contributed by atoms with Crippen LogP contribution in [0.25, 0.3) is 0 Å². The van der Waals surface area contributed by atoms with Crippen LogP contribution in [0.2, 0.25) is 0 Å². The molecule has 1 N–H and O–H groups in total. The first-order chi connectivity index (χ1) is 12.6. The number of aryl methyl sites for hydroxylation is 1. The third-order valence-electron chi connectivity index (χ3n) is 4.58. The summed E-state index contributed by atoms with van der Waals surface area (Å²) in [4.78, 5) is 26.5. The van der Waals surface area contributed by atoms with Crippen LogP contribution < -0.4 is 15.0 Å². The van der Waals surface area contributed by atoms with Crippen LogP contribution in [0.3, 0.4) is 0 Å². The average molecular weight is 352 g/mol. The summed E-state index contributed by atoms with van der Waals surface area (Å²) in [6.07, 6.45) is 1.19. The molecule has 2 amide bonds. The van der Waals surface area contributed by atoms with Crippen molar-refractivity contribution < 1.29 is 14.3 Å². The number of amides is 2. The lowest BCUT2D eigenvalue weighted by molar-refractivity contribution is -0.122. The topological polar surface area (TPSA) is 58.6 Å². The summed E-state index contributed by atoms with van der Waals surface area (Å²) in [5.41, 5.74) is 2.78. The lowest BCUT2D eigenvalue weighted by atomic mass is 10.1. The Morgan fingerprint density at radius 1 is 1.12 bits per heavy atom. The predicted octanol–water partition coefficient (Wildman–Crippen LogP) is 3.64. The Morgan fingerprint density at radius 2 is 1.81 bits per heavy atom. The molecule has 1 fully saturated rings. The molecule has 3 rings (SSSR count). The minimum atomic E-state index is -0.347. The van der Waals surface area contributed by atoms with E-state index in [1.54, 1.807) is 4.90 Å². The number of rotatable bonds is 6. The number of hydrogen-bond donors (Lipinski definition) is 1. The summed E-state index contributed by atoms with van der Waals surface area (Å²) in [7, 11) is 0. The summed E-state index contributed by atoms with van der Waals surface area (Å²) in [6.45, 7) is 5.01. The Morgan fingerprint density at radius 3 is 2.42 bits per heavy atom. The molecule has 26 heavy (non-hydrogen) atoms. The number of carbonyl (C=O) groups is 2. The molecule has 1 saturated heterocycles. The van der Waals surface area contributed by atoms with Crippen LogP contribution in [-0.2, 0) is 16.0 Å². The van der Waals surface area contributed by atoms with Gasteiger partial charge in [0.25, 0.3) is 0 Å². The molecule has 0 saturated carbocycles. The highest BCUT2D eigenvalue weighted by atomic mass is 16.5. The van der Waals surface area contributed by atoms with Gasteiger partial charge in [-0.05, 0) is 55.3 Å². The maximum Gasteiger partial charge on any atom is 0.229 e. The second kappa shape index (κ2) is 8.04. The molecule has 5 nitrogen and oxygen atoms in total. The van der Waals surface area contributed by atoms with E-state index in [4.69, 9.17) is 4.74 Å². The first-order valence-electron chi connectivity index (χ1n) is 9.03. The number of nitrogens with zero attached hydrogens (tertiary/aromatic N) is 1. The molecule has 1 aliphatic heterocycles. The molecule has 1 heterocycles. The molecular weight excluding hydrogens is 328 g/mol. The molecule has 0 unspecified atom stereocenters. The van der Waals surface area contributed by atoms with Crippen molar-refractivity contribution in [2.24, 2.45) is 5.92 Å². The molecule has 136 valence electrons. The maximum absolute atomic E-state index is 12.5. The van der Waals surface area contributed by atoms with Crippen molar-refractivity contribution in [2.75, 3.05) is 23.4 Å². The fourth-order valence-corrected chi connectivity index (χ4v) is 3.09. The summed E-state index contributed by atoms with van der Waals surface area (Å²) in [6, 6.07) is 15.2. The summed E-state index contributed by atoms with van der Waals surface area (Å²) in [5.74, 6) is 0.277. The average Bonchev–Trinajstić information content (AvgIpc) is 3.05. The van der Waals surface area contributed by atoms with Gasteiger partial charge < -0.3 is 15.0 Å². The van der Waals surface area contributed by atoms with E-state index in [9.17, 15) is 9.59 Å². The molecule has 0 aromatic heterocycles. The quantitative estimate of drug-likeness (QED) is 0.863. The van der Waals surface area contributed by atoms with Crippen molar-refractivity contribution >= 4 is 23.2 Å². The van der Waals surface area contributed by atoms with Gasteiger partial charge in [0.2, 0.25) is 11.8 Å². The Hall–Kier alpha value is -2.82. The zero-order valence-corrected chi connectivity index (χ0v) is 15.2. The number of nitrogens with one attached hydrogen (secondary N) is 1. The molecule has 0 bridgehead atoms. The molecule has 1 aliphatic rings. The molecule has 0 spiro atoms. The molecule has 2 aromatic rings. The molecule has 0 radical (unpaired) electrons. The zero-order chi connectivity index (χ0) is 18.5. The predicted molar refractivity (Wildman–Crippen MR) is 103 cm³/mol. The first kappa shape index (κ1) is 18.0. The van der Waals surface area contributed by atoms with Crippen LogP contribution >= 0.6 is 0 Å². The van der Waals surface area contributed by atoms with Gasteiger partial charge in [-0.15, -0.1) is 0 Å². The van der Waals surface area contributed by atoms with E-state index >= 15 is 0 Å². The van der Waals surface area contributed by atoms with E-state index in [0.29, 0.717) is 13.2 Å². The second-order valence-electron chi connectivity index (χ2n) is 6.37. The molecule has 5 heteroatoms. The van der Waals surface area contributed by atoms with Gasteiger partial charge in [-0.25, -0.2) is 0 Å². The van der Waals surface area contributed by atoms with Crippen molar-refractivity contribution in [3.63, 3.8) is 0 Å². The van der Waals surface area contributed by atoms with E-state index in [0.717, 1.165) is 23.5 Å². The normalized spacial score (nSPS) is 16.6. The third kappa shape index (κ3) is 4.04. The van der Waals surface area contributed by atoms with Crippen LogP contribution in [0.5, 0.6) is 5.75 Å². The van der Waals surface area contributed by atoms with Gasteiger partial charge in [-0.1, -0.05) is 19.1 Å². The summed E-state index contributed by atoms with van der Waals surface area (Å²) in [5, 5.41) is 2.92. The van der Waals surface area contributed by atoms with Gasteiger partial charge in [0.15, 0.2) is 0 Å². The number of benzene rings is 2. The largest absolute Gasteiger partial charge is 0.494 e. The fraction of sp³-hybridized carbons (Fsp3) is 0.333. The summed E-state index contributed by atoms with van der Waals surface area (Å²) >= 11 is 0. The molecule has 0 aliphatic carbocycles. The van der Waals surface area contributed by atoms with Gasteiger partial charge in [0, 0.05) is 24.3 Å². The SMILES string of the molecule is CCOc1ccc(N2C[C@@H](C(=O)Nc3ccc(CC)cc3)CC2=O)cc1. The lowest BCUT2D eigenvalue weighted by Crippen LogP contribution is -2.28. The smallest absolute Gasteiger partial charge is 0.229 e. The van der Waals surface area contributed by atoms with Crippen LogP contribution in [0.4, 0.5) is 11.4 Å². The van der Waals surface area contributed by atoms with Crippen molar-refractivity contribution in [3.8, 4) is 5.75 Å². The van der Waals surface area contributed by atoms with E-state index in [2.05, 4.69) is 12.2 Å². The number of anilines is 2. The highest BCUT2D eigenvalue weighted by Crippen LogP contribution is 2.27. The first-order valence-corrected chi connectivity index (χ1v) is 9.03. The molecular formula is C21H24N2O3. The van der Waals surface area contributed by atoms with Crippen molar-refractivity contribution in [3.05, 3.63) is 54.1 Å². The van der Waals surface area contributed by atoms with E-state index in [1.165, 1.54) is 5.56 Å². The Kier molecular flexibility index (Phi) is 5.56. The van der Waals surface area contributed by atoms with Crippen LogP contribution in [-0.4, -0.2) is 25.0 Å². The van der Waals surface area contributed by atoms with E-state index < -0.39 is 0 Å². The standard InChI is InChI=1S/C21H24N2O3/c1-3-15-5-7-17(8-6-15)22-21(25)16-13-20(24)23(14-16)18-9-11-19(12-10-18)26-4-2/h5-12,16H,3-4,13-14H2,1-2H3,(H,22,25)/t16-/m0/s1. The fourth-order valence-electron chi connectivity index (χ4n) is 3.09. The molecule has 2 aromatic carbocycles. The highest BCUT2D eigenvalue weighted by molar-refractivity contribution is 6.03. The Labute approximate surface area is 154 Å². The van der Waals surface area contributed by atoms with Gasteiger partial charge in [-0.3, -0.25) is 9.59 Å². The minimum absolute atomic E-state index is 0.0318. The summed E-state index contributed by atoms with van der Waals surface area (Å²) < 4.78 is 5.42. The van der Waals surface area contributed by atoms with Crippen molar-refractivity contribution in [1.29, 1.82) is 0 Å². The van der Waals surface area contributed by atoms with Gasteiger partial charge in [-0.2, -0.15) is 0 Å². The lowest BCUT2D eigenvalue weighted by Gasteiger charge is -2.17. The van der Waals surface area contributed by atoms with Crippen molar-refractivity contribution in [1.82, 2.24) is 0 Å². The van der Waals surface area contributed by atoms with Crippen molar-refractivity contribution in [2.45, 2.75) is 26.7 Å². The van der Waals surface area contributed by atoms with Gasteiger partial charge in [0.05, 0.1) is 12.5 Å². The maximum atomic E-state index is 12.5. The van der Waals surface area contributed by atoms with Gasteiger partial charge in [0.1, 0.15) is 5.75 Å². The number of carbonyl (C=O) groups excluding carboxylic acids is 2. The zero-order valence-electron chi connectivity index (χ0n) is 15.2. The van der Waals surface area contributed by atoms with Crippen LogP contribution in [0.1, 0.15) is 25.8 Å². The highest BCUT2D eigenvalue weighted by Gasteiger charge is 2.35. The van der Waals surface area contributed by atoms with Crippen LogP contribution in [0, 0.1) is 5.92 Å². The van der Waals surface area contributed by atoms with Gasteiger partial charge >= 0.3 is 0 Å². The Balaban J connectivity index is 1.63. The molecule has 1 atom stereocenters. The van der Waals surface area contributed by atoms with E-state index in [-0.39, 0.29) is 24.2 Å². The van der Waals surface area contributed by atoms with E-state index in [1.807, 2.05) is 55.5 Å². The third-order valence-corrected chi connectivity index (χ3v) is 4.58. The minimum Gasteiger partial charge on any atom is -0.494 e. The Bertz CT molecular complexity index is 769.